The molecule has 0 bridgehead atoms. The van der Waals surface area contributed by atoms with Crippen LogP contribution in [0.1, 0.15) is 65.0 Å². The van der Waals surface area contributed by atoms with Gasteiger partial charge in [0.05, 0.1) is 5.54 Å². The van der Waals surface area contributed by atoms with Crippen molar-refractivity contribution in [2.45, 2.75) is 76.9 Å². The first-order valence-electron chi connectivity index (χ1n) is 13.9. The third-order valence-electron chi connectivity index (χ3n) is 8.13. The summed E-state index contributed by atoms with van der Waals surface area (Å²) in [7, 11) is 0. The molecule has 2 aliphatic heterocycles. The Morgan fingerprint density at radius 2 is 1.58 bits per heavy atom. The van der Waals surface area contributed by atoms with Crippen LogP contribution in [0.25, 0.3) is 22.1 Å². The summed E-state index contributed by atoms with van der Waals surface area (Å²) in [5.41, 5.74) is 3.34. The Kier molecular flexibility index (Phi) is 6.35. The monoisotopic (exact) mass is 516 g/mol. The molecular weight excluding hydrogens is 476 g/mol. The van der Waals surface area contributed by atoms with Gasteiger partial charge < -0.3 is 29.7 Å². The average Bonchev–Trinajstić information content (AvgIpc) is 3.60. The molecule has 8 heteroatoms. The summed E-state index contributed by atoms with van der Waals surface area (Å²) in [4.78, 5) is 13.3. The normalized spacial score (nSPS) is 20.2. The third-order valence-corrected chi connectivity index (χ3v) is 8.13. The van der Waals surface area contributed by atoms with Crippen molar-refractivity contribution in [3.05, 3.63) is 47.8 Å². The first kappa shape index (κ1) is 25.2. The molecule has 4 aromatic heterocycles. The van der Waals surface area contributed by atoms with E-state index in [4.69, 9.17) is 19.4 Å². The van der Waals surface area contributed by atoms with Crippen molar-refractivity contribution in [2.75, 3.05) is 26.3 Å². The summed E-state index contributed by atoms with van der Waals surface area (Å²) in [6.45, 7) is 14.4. The molecule has 0 saturated carbocycles. The van der Waals surface area contributed by atoms with Crippen LogP contribution in [0.15, 0.2) is 36.7 Å². The number of nitrogens with zero attached hydrogens (tertiary/aromatic N) is 3. The molecule has 2 fully saturated rings. The lowest BCUT2D eigenvalue weighted by molar-refractivity contribution is 0.208. The van der Waals surface area contributed by atoms with Gasteiger partial charge in [-0.25, -0.2) is 0 Å². The molecule has 2 atom stereocenters. The zero-order chi connectivity index (χ0) is 26.5. The molecule has 2 saturated heterocycles. The number of ether oxygens (including phenoxy) is 2. The molecule has 4 aromatic rings. The molecule has 0 radical (unpaired) electrons. The van der Waals surface area contributed by atoms with Crippen LogP contribution in [0.2, 0.25) is 0 Å². The second kappa shape index (κ2) is 9.58. The van der Waals surface area contributed by atoms with Gasteiger partial charge in [-0.15, -0.1) is 0 Å². The van der Waals surface area contributed by atoms with Gasteiger partial charge in [0.1, 0.15) is 24.5 Å². The van der Waals surface area contributed by atoms with Crippen molar-refractivity contribution in [2.24, 2.45) is 0 Å². The van der Waals surface area contributed by atoms with Crippen molar-refractivity contribution >= 4 is 22.1 Å². The van der Waals surface area contributed by atoms with Crippen LogP contribution in [0.4, 0.5) is 0 Å². The Labute approximate surface area is 224 Å². The van der Waals surface area contributed by atoms with Gasteiger partial charge in [0.15, 0.2) is 0 Å². The molecule has 2 unspecified atom stereocenters. The fourth-order valence-corrected chi connectivity index (χ4v) is 5.53. The molecule has 8 nitrogen and oxygen atoms in total. The van der Waals surface area contributed by atoms with Gasteiger partial charge in [0.2, 0.25) is 11.8 Å². The van der Waals surface area contributed by atoms with E-state index >= 15 is 0 Å². The SMILES string of the molecule is CC(C)(C)c1cc2ccn(C(C)(C)c3cc4cc[nH]c4nc3OCC3CCCN3)c2nc1OCC1CCN1. The van der Waals surface area contributed by atoms with Gasteiger partial charge in [0.25, 0.3) is 0 Å². The van der Waals surface area contributed by atoms with Gasteiger partial charge in [-0.3, -0.25) is 0 Å². The fourth-order valence-electron chi connectivity index (χ4n) is 5.53. The van der Waals surface area contributed by atoms with Gasteiger partial charge >= 0.3 is 0 Å². The predicted octanol–water partition coefficient (Wildman–Crippen LogP) is 4.87. The highest BCUT2D eigenvalue weighted by Gasteiger charge is 2.32. The van der Waals surface area contributed by atoms with E-state index in [1.807, 2.05) is 6.20 Å². The topological polar surface area (TPSA) is 89.0 Å². The predicted molar refractivity (Wildman–Crippen MR) is 151 cm³/mol. The van der Waals surface area contributed by atoms with Crippen molar-refractivity contribution < 1.29 is 9.47 Å². The first-order chi connectivity index (χ1) is 18.2. The number of pyridine rings is 2. The molecule has 2 aliphatic rings. The minimum Gasteiger partial charge on any atom is -0.476 e. The highest BCUT2D eigenvalue weighted by Crippen LogP contribution is 2.39. The lowest BCUT2D eigenvalue weighted by Gasteiger charge is -2.31. The molecule has 6 heterocycles. The minimum absolute atomic E-state index is 0.0836. The smallest absolute Gasteiger partial charge is 0.221 e. The van der Waals surface area contributed by atoms with E-state index < -0.39 is 5.54 Å². The Morgan fingerprint density at radius 3 is 2.24 bits per heavy atom. The van der Waals surface area contributed by atoms with Crippen LogP contribution in [0, 0.1) is 0 Å². The largest absolute Gasteiger partial charge is 0.476 e. The molecule has 3 N–H and O–H groups in total. The summed E-state index contributed by atoms with van der Waals surface area (Å²) in [5, 5.41) is 9.12. The maximum atomic E-state index is 6.41. The minimum atomic E-state index is -0.471. The molecule has 202 valence electrons. The van der Waals surface area contributed by atoms with Crippen LogP contribution in [0.3, 0.4) is 0 Å². The molecule has 38 heavy (non-hydrogen) atoms. The summed E-state index contributed by atoms with van der Waals surface area (Å²) < 4.78 is 15.0. The number of rotatable bonds is 8. The number of H-pyrrole nitrogens is 1. The highest BCUT2D eigenvalue weighted by atomic mass is 16.5. The number of aromatic nitrogens is 4. The van der Waals surface area contributed by atoms with Crippen molar-refractivity contribution in [3.8, 4) is 11.8 Å². The van der Waals surface area contributed by atoms with Crippen molar-refractivity contribution in [3.63, 3.8) is 0 Å². The number of hydrogen-bond donors (Lipinski definition) is 3. The zero-order valence-electron chi connectivity index (χ0n) is 23.2. The van der Waals surface area contributed by atoms with E-state index in [2.05, 4.69) is 85.3 Å². The average molecular weight is 517 g/mol. The molecule has 6 rings (SSSR count). The van der Waals surface area contributed by atoms with E-state index in [0.717, 1.165) is 65.0 Å². The van der Waals surface area contributed by atoms with Crippen LogP contribution in [0.5, 0.6) is 11.8 Å². The summed E-state index contributed by atoms with van der Waals surface area (Å²) in [6.07, 6.45) is 7.52. The van der Waals surface area contributed by atoms with E-state index in [1.54, 1.807) is 0 Å². The van der Waals surface area contributed by atoms with Crippen LogP contribution < -0.4 is 20.1 Å². The van der Waals surface area contributed by atoms with Crippen molar-refractivity contribution in [1.82, 2.24) is 30.2 Å². The fraction of sp³-hybridized carbons (Fsp3) is 0.533. The Hall–Kier alpha value is -3.10. The Balaban J connectivity index is 1.41. The Bertz CT molecular complexity index is 1440. The molecule has 0 aliphatic carbocycles. The van der Waals surface area contributed by atoms with Crippen LogP contribution >= 0.6 is 0 Å². The molecule has 0 aromatic carbocycles. The van der Waals surface area contributed by atoms with Crippen molar-refractivity contribution in [1.29, 1.82) is 0 Å². The first-order valence-corrected chi connectivity index (χ1v) is 13.9. The van der Waals surface area contributed by atoms with Gasteiger partial charge in [-0.05, 0) is 75.9 Å². The van der Waals surface area contributed by atoms with E-state index in [0.29, 0.717) is 31.2 Å². The van der Waals surface area contributed by atoms with E-state index in [-0.39, 0.29) is 5.41 Å². The standard InChI is InChI=1S/C30H40N6O2/c1-29(2,3)23-16-20-10-14-36(26(20)35-27(23)37-18-22-9-13-32-22)30(4,5)24-15-19-8-12-33-25(19)34-28(24)38-17-21-7-6-11-31-21/h8,10,12,14-16,21-22,31-32H,6-7,9,11,13,17-18H2,1-5H3,(H,33,34). The van der Waals surface area contributed by atoms with E-state index in [9.17, 15) is 0 Å². The zero-order valence-corrected chi connectivity index (χ0v) is 23.2. The van der Waals surface area contributed by atoms with Gasteiger partial charge in [-0.1, -0.05) is 20.8 Å². The maximum Gasteiger partial charge on any atom is 0.221 e. The number of fused-ring (bicyclic) bond motifs is 2. The molecule has 0 amide bonds. The molecule has 0 spiro atoms. The summed E-state index contributed by atoms with van der Waals surface area (Å²) in [6, 6.07) is 9.42. The van der Waals surface area contributed by atoms with Crippen LogP contribution in [-0.2, 0) is 11.0 Å². The van der Waals surface area contributed by atoms with Gasteiger partial charge in [0, 0.05) is 46.4 Å². The highest BCUT2D eigenvalue weighted by molar-refractivity contribution is 5.80. The second-order valence-electron chi connectivity index (χ2n) is 12.4. The van der Waals surface area contributed by atoms with Gasteiger partial charge in [-0.2, -0.15) is 9.97 Å². The second-order valence-corrected chi connectivity index (χ2v) is 12.4. The van der Waals surface area contributed by atoms with Crippen LogP contribution in [-0.4, -0.2) is 57.9 Å². The Morgan fingerprint density at radius 1 is 0.868 bits per heavy atom. The maximum absolute atomic E-state index is 6.41. The number of nitrogens with one attached hydrogen (secondary N) is 3. The lowest BCUT2D eigenvalue weighted by Crippen LogP contribution is -2.46. The quantitative estimate of drug-likeness (QED) is 0.310. The molecular formula is C30H40N6O2. The third kappa shape index (κ3) is 4.64. The lowest BCUT2D eigenvalue weighted by atomic mass is 9.87. The van der Waals surface area contributed by atoms with E-state index in [1.165, 1.54) is 6.42 Å². The number of hydrogen-bond acceptors (Lipinski definition) is 6. The summed E-state index contributed by atoms with van der Waals surface area (Å²) in [5.74, 6) is 1.39. The summed E-state index contributed by atoms with van der Waals surface area (Å²) >= 11 is 0. The number of aromatic amines is 1.